The summed E-state index contributed by atoms with van der Waals surface area (Å²) in [4.78, 5) is 15.2. The molecule has 1 aliphatic heterocycles. The van der Waals surface area contributed by atoms with Crippen molar-refractivity contribution in [1.29, 1.82) is 0 Å². The maximum absolute atomic E-state index is 12.7. The molecule has 0 spiro atoms. The highest BCUT2D eigenvalue weighted by atomic mass is 16.5. The number of ether oxygens (including phenoxy) is 2. The Morgan fingerprint density at radius 2 is 1.76 bits per heavy atom. The summed E-state index contributed by atoms with van der Waals surface area (Å²) >= 11 is 0. The number of carbonyl (C=O) groups excluding carboxylic acids is 1. The Kier molecular flexibility index (Phi) is 10.5. The van der Waals surface area contributed by atoms with Crippen molar-refractivity contribution in [2.24, 2.45) is 0 Å². The van der Waals surface area contributed by atoms with Crippen LogP contribution in [0.5, 0.6) is 5.75 Å². The average molecular weight is 405 g/mol. The Balaban J connectivity index is 1.73. The number of anilines is 1. The van der Waals surface area contributed by atoms with E-state index in [0.717, 1.165) is 56.7 Å². The van der Waals surface area contributed by atoms with Gasteiger partial charge < -0.3 is 19.7 Å². The quantitative estimate of drug-likeness (QED) is 0.483. The molecule has 1 aliphatic rings. The van der Waals surface area contributed by atoms with Gasteiger partial charge in [0.2, 0.25) is 0 Å². The van der Waals surface area contributed by atoms with E-state index in [9.17, 15) is 4.79 Å². The molecule has 2 rings (SSSR count). The molecule has 1 N–H and O–H groups in total. The largest absolute Gasteiger partial charge is 0.494 e. The maximum Gasteiger partial charge on any atom is 0.256 e. The standard InChI is InChI=1S/C24H40N2O3/c1-4-5-8-16-24(2,28-3)23(27)25-21-12-14-22(15-13-21)29-20-11-19-26-17-9-6-7-10-18-26/h12-15H,4-11,16-20H2,1-3H3,(H,25,27)/t24-/m0/s1. The number of nitrogens with zero attached hydrogens (tertiary/aromatic N) is 1. The first kappa shape index (κ1) is 23.7. The molecule has 1 aromatic rings. The molecule has 164 valence electrons. The number of carbonyl (C=O) groups is 1. The Morgan fingerprint density at radius 3 is 2.38 bits per heavy atom. The van der Waals surface area contributed by atoms with Gasteiger partial charge in [-0.1, -0.05) is 39.0 Å². The first-order chi connectivity index (χ1) is 14.1. The van der Waals surface area contributed by atoms with Crippen LogP contribution in [0.3, 0.4) is 0 Å². The van der Waals surface area contributed by atoms with Crippen LogP contribution in [0, 0.1) is 0 Å². The van der Waals surface area contributed by atoms with Gasteiger partial charge in [0.15, 0.2) is 0 Å². The number of rotatable bonds is 12. The zero-order chi connectivity index (χ0) is 21.0. The third kappa shape index (κ3) is 8.35. The highest BCUT2D eigenvalue weighted by Crippen LogP contribution is 2.22. The number of unbranched alkanes of at least 4 members (excludes halogenated alkanes) is 2. The number of nitrogens with one attached hydrogen (secondary N) is 1. The van der Waals surface area contributed by atoms with E-state index >= 15 is 0 Å². The summed E-state index contributed by atoms with van der Waals surface area (Å²) in [7, 11) is 1.61. The van der Waals surface area contributed by atoms with Crippen molar-refractivity contribution < 1.29 is 14.3 Å². The van der Waals surface area contributed by atoms with Crippen LogP contribution >= 0.6 is 0 Å². The number of likely N-dealkylation sites (tertiary alicyclic amines) is 1. The molecule has 0 unspecified atom stereocenters. The lowest BCUT2D eigenvalue weighted by atomic mass is 9.97. The van der Waals surface area contributed by atoms with Crippen LogP contribution in [-0.4, -0.2) is 49.8 Å². The molecule has 1 fully saturated rings. The molecule has 1 aromatic carbocycles. The molecule has 1 saturated heterocycles. The molecule has 0 bridgehead atoms. The molecule has 1 amide bonds. The molecular weight excluding hydrogens is 364 g/mol. The van der Waals surface area contributed by atoms with E-state index in [1.54, 1.807) is 7.11 Å². The minimum atomic E-state index is -0.794. The van der Waals surface area contributed by atoms with Gasteiger partial charge in [-0.05, 0) is 70.0 Å². The van der Waals surface area contributed by atoms with Gasteiger partial charge in [0.05, 0.1) is 6.61 Å². The van der Waals surface area contributed by atoms with Crippen molar-refractivity contribution in [3.63, 3.8) is 0 Å². The van der Waals surface area contributed by atoms with Crippen molar-refractivity contribution in [2.45, 2.75) is 77.2 Å². The Hall–Kier alpha value is -1.59. The van der Waals surface area contributed by atoms with Crippen LogP contribution in [0.2, 0.25) is 0 Å². The topological polar surface area (TPSA) is 50.8 Å². The summed E-state index contributed by atoms with van der Waals surface area (Å²) in [5.41, 5.74) is -0.0248. The number of benzene rings is 1. The second kappa shape index (κ2) is 12.9. The Morgan fingerprint density at radius 1 is 1.07 bits per heavy atom. The number of amides is 1. The molecule has 5 nitrogen and oxygen atoms in total. The second-order valence-electron chi connectivity index (χ2n) is 8.33. The Bertz CT molecular complexity index is 582. The molecule has 0 radical (unpaired) electrons. The highest BCUT2D eigenvalue weighted by molar-refractivity contribution is 5.97. The fourth-order valence-corrected chi connectivity index (χ4v) is 3.76. The van der Waals surface area contributed by atoms with E-state index in [1.165, 1.54) is 38.8 Å². The zero-order valence-corrected chi connectivity index (χ0v) is 18.7. The van der Waals surface area contributed by atoms with Crippen LogP contribution in [-0.2, 0) is 9.53 Å². The molecule has 1 atom stereocenters. The SMILES string of the molecule is CCCCC[C@](C)(OC)C(=O)Nc1ccc(OCCCN2CCCCCC2)cc1. The van der Waals surface area contributed by atoms with Crippen LogP contribution < -0.4 is 10.1 Å². The van der Waals surface area contributed by atoms with Crippen LogP contribution in [0.1, 0.15) is 71.6 Å². The van der Waals surface area contributed by atoms with Crippen LogP contribution in [0.4, 0.5) is 5.69 Å². The molecule has 0 aromatic heterocycles. The van der Waals surface area contributed by atoms with E-state index in [1.807, 2.05) is 31.2 Å². The van der Waals surface area contributed by atoms with Gasteiger partial charge in [-0.15, -0.1) is 0 Å². The molecular formula is C24H40N2O3. The van der Waals surface area contributed by atoms with Gasteiger partial charge >= 0.3 is 0 Å². The van der Waals surface area contributed by atoms with Gasteiger partial charge in [-0.2, -0.15) is 0 Å². The van der Waals surface area contributed by atoms with Crippen molar-refractivity contribution in [3.05, 3.63) is 24.3 Å². The van der Waals surface area contributed by atoms with Gasteiger partial charge in [0.1, 0.15) is 11.4 Å². The first-order valence-electron chi connectivity index (χ1n) is 11.4. The Labute approximate surface area is 177 Å². The number of hydrogen-bond donors (Lipinski definition) is 1. The fourth-order valence-electron chi connectivity index (χ4n) is 3.76. The van der Waals surface area contributed by atoms with Crippen molar-refractivity contribution >= 4 is 11.6 Å². The van der Waals surface area contributed by atoms with Gasteiger partial charge in [-0.3, -0.25) is 4.79 Å². The molecule has 29 heavy (non-hydrogen) atoms. The lowest BCUT2D eigenvalue weighted by Gasteiger charge is -2.27. The predicted molar refractivity (Wildman–Crippen MR) is 120 cm³/mol. The number of hydrogen-bond acceptors (Lipinski definition) is 4. The monoisotopic (exact) mass is 404 g/mol. The van der Waals surface area contributed by atoms with Crippen molar-refractivity contribution in [1.82, 2.24) is 4.90 Å². The van der Waals surface area contributed by atoms with Gasteiger partial charge in [0.25, 0.3) is 5.91 Å². The van der Waals surface area contributed by atoms with Gasteiger partial charge in [-0.25, -0.2) is 0 Å². The summed E-state index contributed by atoms with van der Waals surface area (Å²) < 4.78 is 11.4. The van der Waals surface area contributed by atoms with Crippen molar-refractivity contribution in [3.8, 4) is 5.75 Å². The third-order valence-electron chi connectivity index (χ3n) is 5.89. The van der Waals surface area contributed by atoms with E-state index in [4.69, 9.17) is 9.47 Å². The summed E-state index contributed by atoms with van der Waals surface area (Å²) in [5.74, 6) is 0.749. The minimum absolute atomic E-state index is 0.0952. The van der Waals surface area contributed by atoms with E-state index in [0.29, 0.717) is 0 Å². The lowest BCUT2D eigenvalue weighted by molar-refractivity contribution is -0.136. The molecule has 0 aliphatic carbocycles. The minimum Gasteiger partial charge on any atom is -0.494 e. The molecule has 5 heteroatoms. The zero-order valence-electron chi connectivity index (χ0n) is 18.7. The van der Waals surface area contributed by atoms with E-state index in [-0.39, 0.29) is 5.91 Å². The van der Waals surface area contributed by atoms with Gasteiger partial charge in [0, 0.05) is 19.3 Å². The smallest absolute Gasteiger partial charge is 0.256 e. The predicted octanol–water partition coefficient (Wildman–Crippen LogP) is 5.26. The fraction of sp³-hybridized carbons (Fsp3) is 0.708. The highest BCUT2D eigenvalue weighted by Gasteiger charge is 2.32. The number of methoxy groups -OCH3 is 1. The summed E-state index contributed by atoms with van der Waals surface area (Å²) in [6.07, 6.45) is 10.4. The first-order valence-corrected chi connectivity index (χ1v) is 11.4. The van der Waals surface area contributed by atoms with E-state index in [2.05, 4.69) is 17.1 Å². The third-order valence-corrected chi connectivity index (χ3v) is 5.89. The summed E-state index contributed by atoms with van der Waals surface area (Å²) in [6, 6.07) is 7.62. The normalized spacial score (nSPS) is 17.3. The van der Waals surface area contributed by atoms with Crippen LogP contribution in [0.25, 0.3) is 0 Å². The summed E-state index contributed by atoms with van der Waals surface area (Å²) in [5, 5.41) is 2.98. The maximum atomic E-state index is 12.7. The van der Waals surface area contributed by atoms with Crippen molar-refractivity contribution in [2.75, 3.05) is 38.7 Å². The average Bonchev–Trinajstić information content (AvgIpc) is 3.01. The summed E-state index contributed by atoms with van der Waals surface area (Å²) in [6.45, 7) is 8.31. The second-order valence-corrected chi connectivity index (χ2v) is 8.33. The van der Waals surface area contributed by atoms with E-state index < -0.39 is 5.60 Å². The molecule has 0 saturated carbocycles. The lowest BCUT2D eigenvalue weighted by Crippen LogP contribution is -2.41. The van der Waals surface area contributed by atoms with Crippen LogP contribution in [0.15, 0.2) is 24.3 Å². The molecule has 1 heterocycles.